The van der Waals surface area contributed by atoms with E-state index < -0.39 is 0 Å². The molecule has 6 nitrogen and oxygen atoms in total. The minimum absolute atomic E-state index is 0.306. The zero-order valence-electron chi connectivity index (χ0n) is 15.0. The van der Waals surface area contributed by atoms with Gasteiger partial charge in [-0.15, -0.1) is 0 Å². The topological polar surface area (TPSA) is 76.1 Å². The van der Waals surface area contributed by atoms with E-state index in [4.69, 9.17) is 4.74 Å². The molecule has 0 saturated carbocycles. The fourth-order valence-corrected chi connectivity index (χ4v) is 2.40. The van der Waals surface area contributed by atoms with Gasteiger partial charge in [-0.2, -0.15) is 4.98 Å². The van der Waals surface area contributed by atoms with Gasteiger partial charge in [-0.3, -0.25) is 0 Å². The summed E-state index contributed by atoms with van der Waals surface area (Å²) in [4.78, 5) is 20.5. The van der Waals surface area contributed by atoms with Crippen LogP contribution in [0.25, 0.3) is 0 Å². The molecule has 0 aliphatic rings. The summed E-state index contributed by atoms with van der Waals surface area (Å²) in [6.07, 6.45) is 0. The Kier molecular flexibility index (Phi) is 5.61. The molecule has 2 aromatic carbocycles. The molecular formula is C20H19FN4O2. The molecule has 0 amide bonds. The van der Waals surface area contributed by atoms with E-state index >= 15 is 0 Å². The normalized spacial score (nSPS) is 10.3. The predicted molar refractivity (Wildman–Crippen MR) is 102 cm³/mol. The molecule has 0 aliphatic carbocycles. The number of aromatic nitrogens is 2. The number of carbonyl (C=O) groups excluding carboxylic acids is 1. The van der Waals surface area contributed by atoms with E-state index in [1.54, 1.807) is 49.4 Å². The van der Waals surface area contributed by atoms with Crippen molar-refractivity contribution in [3.8, 4) is 0 Å². The fourth-order valence-electron chi connectivity index (χ4n) is 2.40. The van der Waals surface area contributed by atoms with Crippen molar-refractivity contribution in [1.82, 2.24) is 9.97 Å². The van der Waals surface area contributed by atoms with Crippen molar-refractivity contribution in [3.63, 3.8) is 0 Å². The zero-order valence-corrected chi connectivity index (χ0v) is 15.0. The second-order valence-corrected chi connectivity index (χ2v) is 5.77. The van der Waals surface area contributed by atoms with Gasteiger partial charge in [0.2, 0.25) is 5.95 Å². The van der Waals surface area contributed by atoms with E-state index in [2.05, 4.69) is 20.6 Å². The first-order valence-corrected chi connectivity index (χ1v) is 8.46. The molecule has 0 fully saturated rings. The van der Waals surface area contributed by atoms with Crippen molar-refractivity contribution in [1.29, 1.82) is 0 Å². The van der Waals surface area contributed by atoms with Crippen LogP contribution in [0.1, 0.15) is 23.0 Å². The van der Waals surface area contributed by atoms with Gasteiger partial charge in [0.25, 0.3) is 0 Å². The molecule has 0 aliphatic heterocycles. The Labute approximate surface area is 156 Å². The molecule has 2 N–H and O–H groups in total. The predicted octanol–water partition coefficient (Wildman–Crippen LogP) is 4.59. The molecule has 0 spiro atoms. The minimum atomic E-state index is -0.354. The summed E-state index contributed by atoms with van der Waals surface area (Å²) in [7, 11) is 0. The first kappa shape index (κ1) is 18.3. The molecule has 0 unspecified atom stereocenters. The molecule has 27 heavy (non-hydrogen) atoms. The van der Waals surface area contributed by atoms with Gasteiger partial charge < -0.3 is 15.4 Å². The monoisotopic (exact) mass is 366 g/mol. The SMILES string of the molecule is CCOC(=O)c1ccc(Nc2cc(C)nc(Nc3ccc(F)cc3)n2)cc1. The number of esters is 1. The molecule has 0 atom stereocenters. The highest BCUT2D eigenvalue weighted by atomic mass is 19.1. The number of benzene rings is 2. The fraction of sp³-hybridized carbons (Fsp3) is 0.150. The maximum Gasteiger partial charge on any atom is 0.338 e. The number of carbonyl (C=O) groups is 1. The molecular weight excluding hydrogens is 347 g/mol. The maximum atomic E-state index is 13.0. The van der Waals surface area contributed by atoms with E-state index in [9.17, 15) is 9.18 Å². The van der Waals surface area contributed by atoms with Crippen LogP contribution in [0.3, 0.4) is 0 Å². The molecule has 3 rings (SSSR count). The summed E-state index contributed by atoms with van der Waals surface area (Å²) in [5, 5.41) is 6.22. The summed E-state index contributed by atoms with van der Waals surface area (Å²) in [5.74, 6) is 0.329. The van der Waals surface area contributed by atoms with Crippen LogP contribution in [0, 0.1) is 12.7 Å². The third-order valence-electron chi connectivity index (χ3n) is 3.62. The van der Waals surface area contributed by atoms with Gasteiger partial charge in [-0.1, -0.05) is 0 Å². The Morgan fingerprint density at radius 2 is 1.63 bits per heavy atom. The van der Waals surface area contributed by atoms with Crippen LogP contribution in [-0.4, -0.2) is 22.5 Å². The number of anilines is 4. The number of hydrogen-bond donors (Lipinski definition) is 2. The molecule has 0 radical (unpaired) electrons. The van der Waals surface area contributed by atoms with Crippen molar-refractivity contribution in [2.24, 2.45) is 0 Å². The quantitative estimate of drug-likeness (QED) is 0.622. The maximum absolute atomic E-state index is 13.0. The van der Waals surface area contributed by atoms with Crippen LogP contribution in [-0.2, 0) is 4.74 Å². The van der Waals surface area contributed by atoms with Crippen LogP contribution in [0.15, 0.2) is 54.6 Å². The van der Waals surface area contributed by atoms with Crippen LogP contribution in [0.2, 0.25) is 0 Å². The van der Waals surface area contributed by atoms with Gasteiger partial charge in [0.1, 0.15) is 11.6 Å². The average Bonchev–Trinajstić information content (AvgIpc) is 2.64. The summed E-state index contributed by atoms with van der Waals surface area (Å²) in [6, 6.07) is 14.7. The van der Waals surface area contributed by atoms with Gasteiger partial charge in [-0.25, -0.2) is 14.2 Å². The summed E-state index contributed by atoms with van der Waals surface area (Å²) < 4.78 is 18.0. The van der Waals surface area contributed by atoms with Gasteiger partial charge in [0, 0.05) is 23.1 Å². The van der Waals surface area contributed by atoms with E-state index in [-0.39, 0.29) is 11.8 Å². The standard InChI is InChI=1S/C20H19FN4O2/c1-3-27-19(26)14-4-8-16(9-5-14)23-18-12-13(2)22-20(25-18)24-17-10-6-15(21)7-11-17/h4-12H,3H2,1-2H3,(H2,22,23,24,25). The highest BCUT2D eigenvalue weighted by molar-refractivity contribution is 5.89. The van der Waals surface area contributed by atoms with E-state index in [0.717, 1.165) is 11.4 Å². The van der Waals surface area contributed by atoms with Crippen molar-refractivity contribution in [2.75, 3.05) is 17.2 Å². The van der Waals surface area contributed by atoms with Gasteiger partial charge in [-0.05, 0) is 62.4 Å². The second-order valence-electron chi connectivity index (χ2n) is 5.77. The number of nitrogens with zero attached hydrogens (tertiary/aromatic N) is 2. The molecule has 1 aromatic heterocycles. The largest absolute Gasteiger partial charge is 0.462 e. The van der Waals surface area contributed by atoms with Crippen LogP contribution in [0.4, 0.5) is 27.5 Å². The van der Waals surface area contributed by atoms with E-state index in [0.29, 0.717) is 29.6 Å². The Balaban J connectivity index is 1.74. The Morgan fingerprint density at radius 1 is 1.00 bits per heavy atom. The Morgan fingerprint density at radius 3 is 2.30 bits per heavy atom. The van der Waals surface area contributed by atoms with Crippen LogP contribution >= 0.6 is 0 Å². The number of aryl methyl sites for hydroxylation is 1. The second kappa shape index (κ2) is 8.27. The molecule has 1 heterocycles. The van der Waals surface area contributed by atoms with E-state index in [1.165, 1.54) is 12.1 Å². The Hall–Kier alpha value is -3.48. The lowest BCUT2D eigenvalue weighted by Crippen LogP contribution is -2.05. The molecule has 3 aromatic rings. The minimum Gasteiger partial charge on any atom is -0.462 e. The van der Waals surface area contributed by atoms with Gasteiger partial charge in [0.15, 0.2) is 0 Å². The highest BCUT2D eigenvalue weighted by Gasteiger charge is 2.07. The van der Waals surface area contributed by atoms with Crippen molar-refractivity contribution < 1.29 is 13.9 Å². The molecule has 0 saturated heterocycles. The average molecular weight is 366 g/mol. The number of ether oxygens (including phenoxy) is 1. The van der Waals surface area contributed by atoms with E-state index in [1.807, 2.05) is 6.92 Å². The van der Waals surface area contributed by atoms with Gasteiger partial charge >= 0.3 is 5.97 Å². The highest BCUT2D eigenvalue weighted by Crippen LogP contribution is 2.20. The molecule has 7 heteroatoms. The van der Waals surface area contributed by atoms with Gasteiger partial charge in [0.05, 0.1) is 12.2 Å². The molecule has 0 bridgehead atoms. The first-order chi connectivity index (χ1) is 13.0. The third kappa shape index (κ3) is 5.01. The number of halogens is 1. The van der Waals surface area contributed by atoms with Crippen molar-refractivity contribution in [3.05, 3.63) is 71.7 Å². The lowest BCUT2D eigenvalue weighted by Gasteiger charge is -2.10. The first-order valence-electron chi connectivity index (χ1n) is 8.46. The molecule has 138 valence electrons. The van der Waals surface area contributed by atoms with Crippen LogP contribution in [0.5, 0.6) is 0 Å². The number of hydrogen-bond acceptors (Lipinski definition) is 6. The van der Waals surface area contributed by atoms with Crippen molar-refractivity contribution >= 4 is 29.1 Å². The lowest BCUT2D eigenvalue weighted by atomic mass is 10.2. The number of rotatable bonds is 6. The Bertz CT molecular complexity index is 928. The smallest absolute Gasteiger partial charge is 0.338 e. The third-order valence-corrected chi connectivity index (χ3v) is 3.62. The summed E-state index contributed by atoms with van der Waals surface area (Å²) >= 11 is 0. The summed E-state index contributed by atoms with van der Waals surface area (Å²) in [5.41, 5.74) is 2.71. The van der Waals surface area contributed by atoms with Crippen molar-refractivity contribution in [2.45, 2.75) is 13.8 Å². The zero-order chi connectivity index (χ0) is 19.2. The van der Waals surface area contributed by atoms with Crippen LogP contribution < -0.4 is 10.6 Å². The summed E-state index contributed by atoms with van der Waals surface area (Å²) in [6.45, 7) is 3.96. The lowest BCUT2D eigenvalue weighted by molar-refractivity contribution is 0.0526. The number of nitrogens with one attached hydrogen (secondary N) is 2.